The summed E-state index contributed by atoms with van der Waals surface area (Å²) in [7, 11) is 2.88. The second kappa shape index (κ2) is 11.6. The number of methoxy groups -OCH3 is 2. The smallest absolute Gasteiger partial charge is 0.255 e. The van der Waals surface area contributed by atoms with E-state index in [-0.39, 0.29) is 38.5 Å². The molecule has 0 radical (unpaired) electrons. The van der Waals surface area contributed by atoms with Crippen molar-refractivity contribution >= 4 is 18.3 Å². The molecule has 1 amide bonds. The van der Waals surface area contributed by atoms with E-state index in [2.05, 4.69) is 0 Å². The standard InChI is InChI=1S/C10H20F2N2O3.ClH/c1-16-4-3-14(7-9(11)12)10(15)5-8(6-13)17-2;/h8-9H,3-7,13H2,1-2H3;1H. The Balaban J connectivity index is 0. The molecule has 0 fully saturated rings. The summed E-state index contributed by atoms with van der Waals surface area (Å²) >= 11 is 0. The van der Waals surface area contributed by atoms with Crippen LogP contribution in [0.5, 0.6) is 0 Å². The van der Waals surface area contributed by atoms with Gasteiger partial charge in [-0.25, -0.2) is 8.78 Å². The Hall–Kier alpha value is -0.500. The minimum atomic E-state index is -2.56. The molecule has 18 heavy (non-hydrogen) atoms. The number of amides is 1. The molecule has 0 spiro atoms. The Kier molecular flexibility index (Phi) is 12.8. The molecule has 1 atom stereocenters. The highest BCUT2D eigenvalue weighted by molar-refractivity contribution is 5.85. The first kappa shape index (κ1) is 19.8. The normalized spacial score (nSPS) is 12.1. The van der Waals surface area contributed by atoms with Crippen LogP contribution in [0.2, 0.25) is 0 Å². The van der Waals surface area contributed by atoms with Gasteiger partial charge in [-0.1, -0.05) is 0 Å². The molecule has 0 aromatic heterocycles. The number of halogens is 3. The van der Waals surface area contributed by atoms with Gasteiger partial charge in [0.15, 0.2) is 0 Å². The lowest BCUT2D eigenvalue weighted by Gasteiger charge is -2.23. The van der Waals surface area contributed by atoms with Crippen LogP contribution < -0.4 is 5.73 Å². The molecule has 0 saturated heterocycles. The summed E-state index contributed by atoms with van der Waals surface area (Å²) in [6, 6.07) is 0. The molecule has 0 aromatic rings. The highest BCUT2D eigenvalue weighted by atomic mass is 35.5. The van der Waals surface area contributed by atoms with Gasteiger partial charge in [0, 0.05) is 27.3 Å². The van der Waals surface area contributed by atoms with Crippen LogP contribution in [0.1, 0.15) is 6.42 Å². The van der Waals surface area contributed by atoms with Gasteiger partial charge in [0.2, 0.25) is 5.91 Å². The molecule has 8 heteroatoms. The maximum absolute atomic E-state index is 12.3. The van der Waals surface area contributed by atoms with Gasteiger partial charge in [0.1, 0.15) is 0 Å². The van der Waals surface area contributed by atoms with E-state index in [4.69, 9.17) is 15.2 Å². The van der Waals surface area contributed by atoms with Gasteiger partial charge in [0.05, 0.1) is 25.7 Å². The summed E-state index contributed by atoms with van der Waals surface area (Å²) in [5, 5.41) is 0. The third kappa shape index (κ3) is 8.57. The highest BCUT2D eigenvalue weighted by Crippen LogP contribution is 2.04. The quantitative estimate of drug-likeness (QED) is 0.672. The molecular formula is C10H21ClF2N2O3. The van der Waals surface area contributed by atoms with Crippen molar-refractivity contribution < 1.29 is 23.0 Å². The average Bonchev–Trinajstić information content (AvgIpc) is 2.30. The van der Waals surface area contributed by atoms with Gasteiger partial charge in [-0.15, -0.1) is 12.4 Å². The van der Waals surface area contributed by atoms with Crippen LogP contribution in [-0.4, -0.2) is 63.8 Å². The second-order valence-electron chi connectivity index (χ2n) is 3.52. The number of hydrogen-bond acceptors (Lipinski definition) is 4. The first-order valence-corrected chi connectivity index (χ1v) is 5.32. The minimum absolute atomic E-state index is 0. The van der Waals surface area contributed by atoms with Crippen LogP contribution in [-0.2, 0) is 14.3 Å². The fourth-order valence-corrected chi connectivity index (χ4v) is 1.27. The summed E-state index contributed by atoms with van der Waals surface area (Å²) < 4.78 is 34.3. The predicted octanol–water partition coefficient (Wildman–Crippen LogP) is 0.512. The predicted molar refractivity (Wildman–Crippen MR) is 66.2 cm³/mol. The van der Waals surface area contributed by atoms with Crippen molar-refractivity contribution in [2.24, 2.45) is 5.73 Å². The molecular weight excluding hydrogens is 270 g/mol. The zero-order valence-corrected chi connectivity index (χ0v) is 11.4. The van der Waals surface area contributed by atoms with Gasteiger partial charge in [-0.2, -0.15) is 0 Å². The van der Waals surface area contributed by atoms with Crippen molar-refractivity contribution in [3.05, 3.63) is 0 Å². The number of alkyl halides is 2. The minimum Gasteiger partial charge on any atom is -0.383 e. The van der Waals surface area contributed by atoms with E-state index < -0.39 is 25.0 Å². The Morgan fingerprint density at radius 3 is 2.39 bits per heavy atom. The zero-order chi connectivity index (χ0) is 13.3. The first-order chi connectivity index (χ1) is 8.04. The molecule has 110 valence electrons. The van der Waals surface area contributed by atoms with Gasteiger partial charge < -0.3 is 20.1 Å². The van der Waals surface area contributed by atoms with Crippen molar-refractivity contribution in [3.63, 3.8) is 0 Å². The Morgan fingerprint density at radius 2 is 2.00 bits per heavy atom. The second-order valence-corrected chi connectivity index (χ2v) is 3.52. The average molecular weight is 291 g/mol. The molecule has 5 nitrogen and oxygen atoms in total. The van der Waals surface area contributed by atoms with Gasteiger partial charge in [-0.05, 0) is 0 Å². The van der Waals surface area contributed by atoms with Crippen molar-refractivity contribution in [2.75, 3.05) is 40.5 Å². The number of carbonyl (C=O) groups excluding carboxylic acids is 1. The lowest BCUT2D eigenvalue weighted by atomic mass is 10.2. The maximum atomic E-state index is 12.3. The van der Waals surface area contributed by atoms with Crippen LogP contribution >= 0.6 is 12.4 Å². The van der Waals surface area contributed by atoms with E-state index in [1.807, 2.05) is 0 Å². The molecule has 0 saturated carbocycles. The number of ether oxygens (including phenoxy) is 2. The van der Waals surface area contributed by atoms with Crippen LogP contribution in [0.3, 0.4) is 0 Å². The molecule has 0 bridgehead atoms. The number of rotatable bonds is 9. The summed E-state index contributed by atoms with van der Waals surface area (Å²) in [6.45, 7) is -0.0579. The molecule has 0 aromatic carbocycles. The van der Waals surface area contributed by atoms with Crippen LogP contribution in [0, 0.1) is 0 Å². The fraction of sp³-hybridized carbons (Fsp3) is 0.900. The van der Waals surface area contributed by atoms with E-state index in [0.29, 0.717) is 0 Å². The lowest BCUT2D eigenvalue weighted by Crippen LogP contribution is -2.40. The van der Waals surface area contributed by atoms with Crippen molar-refractivity contribution in [2.45, 2.75) is 19.0 Å². The largest absolute Gasteiger partial charge is 0.383 e. The molecule has 0 rings (SSSR count). The van der Waals surface area contributed by atoms with Gasteiger partial charge in [-0.3, -0.25) is 4.79 Å². The SMILES string of the molecule is COCCN(CC(F)F)C(=O)CC(CN)OC.Cl. The van der Waals surface area contributed by atoms with E-state index in [0.717, 1.165) is 4.90 Å². The fourth-order valence-electron chi connectivity index (χ4n) is 1.27. The third-order valence-electron chi connectivity index (χ3n) is 2.27. The van der Waals surface area contributed by atoms with Crippen molar-refractivity contribution in [1.29, 1.82) is 0 Å². The monoisotopic (exact) mass is 290 g/mol. The third-order valence-corrected chi connectivity index (χ3v) is 2.27. The van der Waals surface area contributed by atoms with Crippen molar-refractivity contribution in [1.82, 2.24) is 4.90 Å². The summed E-state index contributed by atoms with van der Waals surface area (Å²) in [5.74, 6) is -0.403. The van der Waals surface area contributed by atoms with Crippen LogP contribution in [0.15, 0.2) is 0 Å². The number of carbonyl (C=O) groups is 1. The van der Waals surface area contributed by atoms with Crippen LogP contribution in [0.4, 0.5) is 8.78 Å². The first-order valence-electron chi connectivity index (χ1n) is 5.32. The molecule has 0 aliphatic rings. The summed E-state index contributed by atoms with van der Waals surface area (Å²) in [5.41, 5.74) is 5.36. The van der Waals surface area contributed by atoms with E-state index in [1.165, 1.54) is 14.2 Å². The maximum Gasteiger partial charge on any atom is 0.255 e. The summed E-state index contributed by atoms with van der Waals surface area (Å²) in [4.78, 5) is 12.8. The van der Waals surface area contributed by atoms with Crippen molar-refractivity contribution in [3.8, 4) is 0 Å². The molecule has 0 aliphatic heterocycles. The zero-order valence-electron chi connectivity index (χ0n) is 10.6. The summed E-state index contributed by atoms with van der Waals surface area (Å²) in [6.07, 6.45) is -3.00. The molecule has 1 unspecified atom stereocenters. The van der Waals surface area contributed by atoms with E-state index in [1.54, 1.807) is 0 Å². The highest BCUT2D eigenvalue weighted by Gasteiger charge is 2.20. The molecule has 0 heterocycles. The van der Waals surface area contributed by atoms with E-state index in [9.17, 15) is 13.6 Å². The van der Waals surface area contributed by atoms with Crippen LogP contribution in [0.25, 0.3) is 0 Å². The lowest BCUT2D eigenvalue weighted by molar-refractivity contribution is -0.136. The Morgan fingerprint density at radius 1 is 1.39 bits per heavy atom. The Bertz CT molecular complexity index is 219. The topological polar surface area (TPSA) is 64.8 Å². The van der Waals surface area contributed by atoms with Gasteiger partial charge >= 0.3 is 0 Å². The number of hydrogen-bond donors (Lipinski definition) is 1. The number of nitrogens with two attached hydrogens (primary N) is 1. The van der Waals surface area contributed by atoms with E-state index >= 15 is 0 Å². The van der Waals surface area contributed by atoms with Gasteiger partial charge in [0.25, 0.3) is 6.43 Å². The number of nitrogens with zero attached hydrogens (tertiary/aromatic N) is 1. The molecule has 2 N–H and O–H groups in total. The molecule has 0 aliphatic carbocycles. The Labute approximate surface area is 112 Å².